The maximum atomic E-state index is 12.0. The lowest BCUT2D eigenvalue weighted by molar-refractivity contribution is -0.0502. The van der Waals surface area contributed by atoms with Gasteiger partial charge in [-0.15, -0.1) is 0 Å². The van der Waals surface area contributed by atoms with Gasteiger partial charge in [-0.3, -0.25) is 4.79 Å². The number of carbonyl (C=O) groups is 1. The van der Waals surface area contributed by atoms with Crippen molar-refractivity contribution in [1.29, 1.82) is 0 Å². The molecule has 0 aliphatic rings. The van der Waals surface area contributed by atoms with Crippen LogP contribution in [0.4, 0.5) is 8.78 Å². The van der Waals surface area contributed by atoms with E-state index in [-0.39, 0.29) is 23.5 Å². The number of Topliss-reactive ketones (excluding diaryl/α,β-unsaturated/α-hetero) is 1. The number of alkyl halides is 2. The summed E-state index contributed by atoms with van der Waals surface area (Å²) in [6.45, 7) is -1.45. The summed E-state index contributed by atoms with van der Waals surface area (Å²) in [5.74, 6) is -1.08. The number of carbonyl (C=O) groups excluding carboxylic acids is 1. The predicted molar refractivity (Wildman–Crippen MR) is 49.4 cm³/mol. The molecular weight excluding hydrogens is 206 g/mol. The second kappa shape index (κ2) is 4.72. The first-order valence-corrected chi connectivity index (χ1v) is 4.36. The van der Waals surface area contributed by atoms with E-state index in [0.29, 0.717) is 0 Å². The highest BCUT2D eigenvalue weighted by molar-refractivity contribution is 6.00. The van der Waals surface area contributed by atoms with Crippen molar-refractivity contribution in [3.63, 3.8) is 0 Å². The number of rotatable bonds is 4. The van der Waals surface area contributed by atoms with Gasteiger partial charge in [0.2, 0.25) is 0 Å². The smallest absolute Gasteiger partial charge is 0.387 e. The number of ether oxygens (including phenoxy) is 1. The molecule has 1 rings (SSSR count). The first-order valence-electron chi connectivity index (χ1n) is 4.36. The average Bonchev–Trinajstić information content (AvgIpc) is 2.16. The number of ketones is 1. The maximum absolute atomic E-state index is 12.0. The number of halogens is 2. The third-order valence-electron chi connectivity index (χ3n) is 1.82. The van der Waals surface area contributed by atoms with Crippen LogP contribution in [-0.4, -0.2) is 17.5 Å². The molecule has 5 heteroatoms. The van der Waals surface area contributed by atoms with E-state index >= 15 is 0 Å². The van der Waals surface area contributed by atoms with E-state index in [1.807, 2.05) is 0 Å². The van der Waals surface area contributed by atoms with Crippen LogP contribution in [0.2, 0.25) is 0 Å². The Labute approximate surface area is 85.3 Å². The number of phenolic OH excluding ortho intramolecular Hbond substituents is 1. The number of benzene rings is 1. The van der Waals surface area contributed by atoms with Crippen LogP contribution in [-0.2, 0) is 0 Å². The topological polar surface area (TPSA) is 46.5 Å². The minimum Gasteiger partial charge on any atom is -0.507 e. The van der Waals surface area contributed by atoms with E-state index in [4.69, 9.17) is 0 Å². The number of phenols is 1. The van der Waals surface area contributed by atoms with E-state index in [0.717, 1.165) is 0 Å². The quantitative estimate of drug-likeness (QED) is 0.787. The molecule has 0 saturated heterocycles. The molecule has 0 heterocycles. The van der Waals surface area contributed by atoms with Crippen molar-refractivity contribution in [2.45, 2.75) is 20.0 Å². The fraction of sp³-hybridized carbons (Fsp3) is 0.300. The van der Waals surface area contributed by atoms with Crippen molar-refractivity contribution >= 4 is 5.78 Å². The van der Waals surface area contributed by atoms with Gasteiger partial charge in [0.15, 0.2) is 5.78 Å². The van der Waals surface area contributed by atoms with E-state index in [1.54, 1.807) is 6.92 Å². The van der Waals surface area contributed by atoms with Crippen molar-refractivity contribution < 1.29 is 23.4 Å². The van der Waals surface area contributed by atoms with Gasteiger partial charge in [0, 0.05) is 6.42 Å². The highest BCUT2D eigenvalue weighted by Gasteiger charge is 2.18. The Morgan fingerprint density at radius 1 is 1.53 bits per heavy atom. The lowest BCUT2D eigenvalue weighted by Gasteiger charge is -2.10. The van der Waals surface area contributed by atoms with Gasteiger partial charge in [-0.05, 0) is 12.1 Å². The van der Waals surface area contributed by atoms with Crippen LogP contribution in [0.15, 0.2) is 18.2 Å². The number of hydrogen-bond donors (Lipinski definition) is 1. The molecule has 0 aliphatic carbocycles. The Balaban J connectivity index is 3.14. The summed E-state index contributed by atoms with van der Waals surface area (Å²) in [4.78, 5) is 11.4. The third kappa shape index (κ3) is 2.65. The van der Waals surface area contributed by atoms with Crippen LogP contribution in [0, 0.1) is 0 Å². The highest BCUT2D eigenvalue weighted by Crippen LogP contribution is 2.29. The van der Waals surface area contributed by atoms with E-state index in [1.165, 1.54) is 18.2 Å². The first-order chi connectivity index (χ1) is 7.06. The van der Waals surface area contributed by atoms with Gasteiger partial charge in [-0.25, -0.2) is 0 Å². The molecule has 0 unspecified atom stereocenters. The zero-order valence-electron chi connectivity index (χ0n) is 8.04. The van der Waals surface area contributed by atoms with Crippen molar-refractivity contribution in [2.24, 2.45) is 0 Å². The molecule has 1 aromatic carbocycles. The van der Waals surface area contributed by atoms with Crippen molar-refractivity contribution in [3.8, 4) is 11.5 Å². The van der Waals surface area contributed by atoms with Crippen LogP contribution in [0.3, 0.4) is 0 Å². The zero-order chi connectivity index (χ0) is 11.4. The van der Waals surface area contributed by atoms with Gasteiger partial charge in [-0.2, -0.15) is 8.78 Å². The molecule has 82 valence electrons. The van der Waals surface area contributed by atoms with Gasteiger partial charge < -0.3 is 9.84 Å². The van der Waals surface area contributed by atoms with E-state index in [2.05, 4.69) is 4.74 Å². The Bertz CT molecular complexity index is 364. The minimum absolute atomic E-state index is 0.108. The monoisotopic (exact) mass is 216 g/mol. The molecule has 0 amide bonds. The molecule has 0 radical (unpaired) electrons. The Hall–Kier alpha value is -1.65. The molecule has 15 heavy (non-hydrogen) atoms. The van der Waals surface area contributed by atoms with E-state index < -0.39 is 12.4 Å². The van der Waals surface area contributed by atoms with Gasteiger partial charge in [0.25, 0.3) is 0 Å². The summed E-state index contributed by atoms with van der Waals surface area (Å²) in [5.41, 5.74) is -0.194. The second-order valence-corrected chi connectivity index (χ2v) is 2.81. The molecule has 0 bridgehead atoms. The van der Waals surface area contributed by atoms with Crippen molar-refractivity contribution in [2.75, 3.05) is 0 Å². The fourth-order valence-electron chi connectivity index (χ4n) is 1.17. The van der Waals surface area contributed by atoms with Crippen molar-refractivity contribution in [1.82, 2.24) is 0 Å². The van der Waals surface area contributed by atoms with Crippen LogP contribution in [0.5, 0.6) is 11.5 Å². The molecule has 0 atom stereocenters. The summed E-state index contributed by atoms with van der Waals surface area (Å²) >= 11 is 0. The number of hydrogen-bond acceptors (Lipinski definition) is 3. The predicted octanol–water partition coefficient (Wildman–Crippen LogP) is 2.59. The van der Waals surface area contributed by atoms with Crippen LogP contribution in [0.25, 0.3) is 0 Å². The standard InChI is InChI=1S/C10H10F2O3/c1-2-6(13)9-7(14)4-3-5-8(9)15-10(11)12/h3-5,10,14H,2H2,1H3. The third-order valence-corrected chi connectivity index (χ3v) is 1.82. The summed E-state index contributed by atoms with van der Waals surface area (Å²) in [7, 11) is 0. The molecule has 1 aromatic rings. The molecular formula is C10H10F2O3. The van der Waals surface area contributed by atoms with Gasteiger partial charge in [-0.1, -0.05) is 13.0 Å². The zero-order valence-corrected chi connectivity index (χ0v) is 8.04. The van der Waals surface area contributed by atoms with E-state index in [9.17, 15) is 18.7 Å². The molecule has 0 fully saturated rings. The van der Waals surface area contributed by atoms with Gasteiger partial charge in [0.1, 0.15) is 17.1 Å². The minimum atomic E-state index is -3.02. The number of aromatic hydroxyl groups is 1. The Morgan fingerprint density at radius 3 is 2.73 bits per heavy atom. The summed E-state index contributed by atoms with van der Waals surface area (Å²) in [6, 6.07) is 3.80. The molecule has 0 saturated carbocycles. The van der Waals surface area contributed by atoms with Crippen LogP contribution < -0.4 is 4.74 Å². The Morgan fingerprint density at radius 2 is 2.20 bits per heavy atom. The lowest BCUT2D eigenvalue weighted by Crippen LogP contribution is -2.07. The molecule has 0 spiro atoms. The van der Waals surface area contributed by atoms with Gasteiger partial charge in [0.05, 0.1) is 0 Å². The fourth-order valence-corrected chi connectivity index (χ4v) is 1.17. The van der Waals surface area contributed by atoms with Crippen LogP contribution >= 0.6 is 0 Å². The average molecular weight is 216 g/mol. The summed E-state index contributed by atoms with van der Waals surface area (Å²) < 4.78 is 28.1. The van der Waals surface area contributed by atoms with Crippen molar-refractivity contribution in [3.05, 3.63) is 23.8 Å². The molecule has 0 aliphatic heterocycles. The highest BCUT2D eigenvalue weighted by atomic mass is 19.3. The SMILES string of the molecule is CCC(=O)c1c(O)cccc1OC(F)F. The summed E-state index contributed by atoms with van der Waals surface area (Å²) in [6.07, 6.45) is 0.108. The maximum Gasteiger partial charge on any atom is 0.387 e. The van der Waals surface area contributed by atoms with Gasteiger partial charge >= 0.3 is 6.61 Å². The van der Waals surface area contributed by atoms with Crippen LogP contribution in [0.1, 0.15) is 23.7 Å². The largest absolute Gasteiger partial charge is 0.507 e. The molecule has 0 aromatic heterocycles. The second-order valence-electron chi connectivity index (χ2n) is 2.81. The first kappa shape index (κ1) is 11.4. The molecule has 1 N–H and O–H groups in total. The Kier molecular flexibility index (Phi) is 3.60. The lowest BCUT2D eigenvalue weighted by atomic mass is 10.1. The molecule has 3 nitrogen and oxygen atoms in total. The summed E-state index contributed by atoms with van der Waals surface area (Å²) in [5, 5.41) is 9.36. The normalized spacial score (nSPS) is 10.4.